The van der Waals surface area contributed by atoms with E-state index < -0.39 is 11.9 Å². The lowest BCUT2D eigenvalue weighted by molar-refractivity contribution is -0.141. The standard InChI is InChI=1S/C7H9NO5/c1-5(9)13-8-6(12-2)3-4-7(10)11/h3-4H,1-2H3,(H,10,11)/b4-3+,8-6+. The van der Waals surface area contributed by atoms with Crippen molar-refractivity contribution in [3.63, 3.8) is 0 Å². The van der Waals surface area contributed by atoms with Gasteiger partial charge in [0, 0.05) is 19.1 Å². The van der Waals surface area contributed by atoms with Crippen LogP contribution in [0.5, 0.6) is 0 Å². The molecule has 0 unspecified atom stereocenters. The summed E-state index contributed by atoms with van der Waals surface area (Å²) in [6.45, 7) is 1.16. The highest BCUT2D eigenvalue weighted by Crippen LogP contribution is 1.87. The van der Waals surface area contributed by atoms with Crippen molar-refractivity contribution in [2.75, 3.05) is 7.11 Å². The molecule has 0 aliphatic rings. The molecule has 0 aliphatic carbocycles. The molecule has 0 amide bonds. The van der Waals surface area contributed by atoms with E-state index in [0.29, 0.717) is 0 Å². The van der Waals surface area contributed by atoms with Crippen molar-refractivity contribution in [2.45, 2.75) is 6.92 Å². The Balaban J connectivity index is 4.24. The number of ether oxygens (including phenoxy) is 1. The van der Waals surface area contributed by atoms with E-state index in [2.05, 4.69) is 14.7 Å². The fraction of sp³-hybridized carbons (Fsp3) is 0.286. The number of nitrogens with zero attached hydrogens (tertiary/aromatic N) is 1. The van der Waals surface area contributed by atoms with Crippen LogP contribution in [0.25, 0.3) is 0 Å². The molecule has 0 bridgehead atoms. The van der Waals surface area contributed by atoms with Crippen LogP contribution in [-0.4, -0.2) is 30.1 Å². The molecular formula is C7H9NO5. The maximum Gasteiger partial charge on any atom is 0.332 e. The van der Waals surface area contributed by atoms with Gasteiger partial charge >= 0.3 is 11.9 Å². The second kappa shape index (κ2) is 5.76. The number of carboxylic acids is 1. The lowest BCUT2D eigenvalue weighted by Gasteiger charge is -1.96. The van der Waals surface area contributed by atoms with Crippen LogP contribution in [0.2, 0.25) is 0 Å². The van der Waals surface area contributed by atoms with Crippen molar-refractivity contribution in [1.29, 1.82) is 0 Å². The Bertz CT molecular complexity index is 256. The molecule has 0 aromatic rings. The molecule has 0 heterocycles. The summed E-state index contributed by atoms with van der Waals surface area (Å²) < 4.78 is 4.57. The number of methoxy groups -OCH3 is 1. The molecule has 0 aromatic carbocycles. The number of carbonyl (C=O) groups excluding carboxylic acids is 1. The maximum absolute atomic E-state index is 10.3. The summed E-state index contributed by atoms with van der Waals surface area (Å²) in [4.78, 5) is 24.5. The molecule has 0 aromatic heterocycles. The zero-order chi connectivity index (χ0) is 10.3. The topological polar surface area (TPSA) is 85.2 Å². The summed E-state index contributed by atoms with van der Waals surface area (Å²) in [5.41, 5.74) is 0. The first-order valence-corrected chi connectivity index (χ1v) is 3.27. The van der Waals surface area contributed by atoms with Crippen molar-refractivity contribution in [3.8, 4) is 0 Å². The van der Waals surface area contributed by atoms with E-state index in [1.807, 2.05) is 0 Å². The molecule has 6 nitrogen and oxygen atoms in total. The summed E-state index contributed by atoms with van der Waals surface area (Å²) in [5.74, 6) is -1.86. The average Bonchev–Trinajstić information content (AvgIpc) is 2.04. The number of hydrogen-bond donors (Lipinski definition) is 1. The molecule has 0 saturated heterocycles. The fourth-order valence-corrected chi connectivity index (χ4v) is 0.388. The van der Waals surface area contributed by atoms with E-state index in [0.717, 1.165) is 19.1 Å². The van der Waals surface area contributed by atoms with Gasteiger partial charge in [-0.1, -0.05) is 0 Å². The van der Waals surface area contributed by atoms with E-state index in [-0.39, 0.29) is 5.90 Å². The van der Waals surface area contributed by atoms with E-state index in [1.165, 1.54) is 7.11 Å². The molecule has 6 heteroatoms. The van der Waals surface area contributed by atoms with Gasteiger partial charge in [-0.05, 0) is 5.16 Å². The van der Waals surface area contributed by atoms with E-state index in [4.69, 9.17) is 5.11 Å². The first kappa shape index (κ1) is 11.2. The van der Waals surface area contributed by atoms with Crippen molar-refractivity contribution in [3.05, 3.63) is 12.2 Å². The molecule has 0 fully saturated rings. The Morgan fingerprint density at radius 2 is 2.00 bits per heavy atom. The first-order chi connectivity index (χ1) is 6.06. The summed E-state index contributed by atoms with van der Waals surface area (Å²) in [6.07, 6.45) is 1.87. The van der Waals surface area contributed by atoms with Gasteiger partial charge in [-0.25, -0.2) is 9.59 Å². The van der Waals surface area contributed by atoms with Crippen LogP contribution in [0.15, 0.2) is 17.3 Å². The van der Waals surface area contributed by atoms with Gasteiger partial charge in [-0.3, -0.25) is 0 Å². The van der Waals surface area contributed by atoms with Gasteiger partial charge in [0.05, 0.1) is 7.11 Å². The third-order valence-electron chi connectivity index (χ3n) is 0.842. The van der Waals surface area contributed by atoms with Gasteiger partial charge in [-0.15, -0.1) is 0 Å². The minimum Gasteiger partial charge on any atom is -0.479 e. The van der Waals surface area contributed by atoms with Crippen LogP contribution < -0.4 is 0 Å². The van der Waals surface area contributed by atoms with Gasteiger partial charge in [0.2, 0.25) is 0 Å². The molecule has 0 spiro atoms. The van der Waals surface area contributed by atoms with Gasteiger partial charge < -0.3 is 14.7 Å². The van der Waals surface area contributed by atoms with Gasteiger partial charge in [0.15, 0.2) is 0 Å². The monoisotopic (exact) mass is 187 g/mol. The summed E-state index contributed by atoms with van der Waals surface area (Å²) in [5, 5.41) is 11.4. The number of carboxylic acid groups (broad SMARTS) is 1. The number of aliphatic carboxylic acids is 1. The third kappa shape index (κ3) is 6.54. The Hall–Kier alpha value is -1.85. The second-order valence-corrected chi connectivity index (χ2v) is 1.89. The van der Waals surface area contributed by atoms with Crippen LogP contribution in [0, 0.1) is 0 Å². The summed E-state index contributed by atoms with van der Waals surface area (Å²) in [6, 6.07) is 0. The van der Waals surface area contributed by atoms with Crippen molar-refractivity contribution in [2.24, 2.45) is 5.16 Å². The molecule has 0 saturated carbocycles. The van der Waals surface area contributed by atoms with Crippen molar-refractivity contribution < 1.29 is 24.3 Å². The predicted molar refractivity (Wildman–Crippen MR) is 43.0 cm³/mol. The first-order valence-electron chi connectivity index (χ1n) is 3.27. The molecule has 13 heavy (non-hydrogen) atoms. The minimum atomic E-state index is -1.15. The zero-order valence-electron chi connectivity index (χ0n) is 7.18. The average molecular weight is 187 g/mol. The highest BCUT2D eigenvalue weighted by Gasteiger charge is 1.96. The number of carbonyl (C=O) groups is 2. The van der Waals surface area contributed by atoms with Crippen LogP contribution in [0.4, 0.5) is 0 Å². The molecule has 0 atom stereocenters. The molecule has 0 aliphatic heterocycles. The fourth-order valence-electron chi connectivity index (χ4n) is 0.388. The number of hydrogen-bond acceptors (Lipinski definition) is 5. The van der Waals surface area contributed by atoms with Gasteiger partial charge in [0.25, 0.3) is 5.90 Å². The third-order valence-corrected chi connectivity index (χ3v) is 0.842. The summed E-state index contributed by atoms with van der Waals surface area (Å²) in [7, 11) is 1.27. The van der Waals surface area contributed by atoms with Gasteiger partial charge in [-0.2, -0.15) is 0 Å². The van der Waals surface area contributed by atoms with E-state index in [1.54, 1.807) is 0 Å². The molecule has 1 N–H and O–H groups in total. The van der Waals surface area contributed by atoms with Gasteiger partial charge in [0.1, 0.15) is 0 Å². The minimum absolute atomic E-state index is 0.0994. The number of oxime groups is 1. The van der Waals surface area contributed by atoms with Crippen LogP contribution in [0.3, 0.4) is 0 Å². The van der Waals surface area contributed by atoms with Crippen LogP contribution in [0.1, 0.15) is 6.92 Å². The highest BCUT2D eigenvalue weighted by molar-refractivity contribution is 5.93. The normalized spacial score (nSPS) is 11.4. The van der Waals surface area contributed by atoms with Crippen LogP contribution in [-0.2, 0) is 19.2 Å². The van der Waals surface area contributed by atoms with E-state index in [9.17, 15) is 9.59 Å². The Labute approximate surface area is 74.4 Å². The SMILES string of the molecule is COC(/C=C/C(=O)O)=N/OC(C)=O. The van der Waals surface area contributed by atoms with Crippen molar-refractivity contribution in [1.82, 2.24) is 0 Å². The quantitative estimate of drug-likeness (QED) is 0.223. The number of rotatable bonds is 3. The van der Waals surface area contributed by atoms with Crippen LogP contribution >= 0.6 is 0 Å². The molecular weight excluding hydrogens is 178 g/mol. The van der Waals surface area contributed by atoms with Crippen molar-refractivity contribution >= 4 is 17.8 Å². The smallest absolute Gasteiger partial charge is 0.332 e. The molecule has 72 valence electrons. The Morgan fingerprint density at radius 3 is 2.38 bits per heavy atom. The Morgan fingerprint density at radius 1 is 1.38 bits per heavy atom. The molecule has 0 radical (unpaired) electrons. The maximum atomic E-state index is 10.3. The predicted octanol–water partition coefficient (Wildman–Crippen LogP) is 0.150. The Kier molecular flexibility index (Phi) is 4.94. The highest BCUT2D eigenvalue weighted by atomic mass is 16.7. The lowest BCUT2D eigenvalue weighted by atomic mass is 10.5. The molecule has 0 rings (SSSR count). The summed E-state index contributed by atoms with van der Waals surface area (Å²) >= 11 is 0. The largest absolute Gasteiger partial charge is 0.479 e. The van der Waals surface area contributed by atoms with E-state index >= 15 is 0 Å². The zero-order valence-corrected chi connectivity index (χ0v) is 7.18. The second-order valence-electron chi connectivity index (χ2n) is 1.89. The lowest BCUT2D eigenvalue weighted by Crippen LogP contribution is -2.02.